The molecule has 1 heterocycles. The van der Waals surface area contributed by atoms with Gasteiger partial charge in [-0.25, -0.2) is 4.68 Å². The normalized spacial score (nSPS) is 10.9. The molecule has 6 heteroatoms. The van der Waals surface area contributed by atoms with Crippen LogP contribution in [-0.2, 0) is 17.8 Å². The van der Waals surface area contributed by atoms with Crippen LogP contribution in [0, 0.1) is 0 Å². The zero-order valence-corrected chi connectivity index (χ0v) is 15.4. The Bertz CT molecular complexity index is 1040. The van der Waals surface area contributed by atoms with Gasteiger partial charge in [-0.15, -0.1) is 0 Å². The standard InChI is InChI=1S/C21H23N3O3/c1-23(14-8-7-11-16-9-3-2-4-10-16)19(25)15-24-21(27)18-13-6-5-12-17(18)20(26)22-24/h2-6,9-10,12-13H,7-8,11,14-15H2,1H3,(H,22,26). The first kappa shape index (κ1) is 18.6. The first-order valence-electron chi connectivity index (χ1n) is 9.06. The van der Waals surface area contributed by atoms with E-state index < -0.39 is 0 Å². The van der Waals surface area contributed by atoms with Crippen LogP contribution in [0.5, 0.6) is 0 Å². The summed E-state index contributed by atoms with van der Waals surface area (Å²) in [6.07, 6.45) is 2.83. The van der Waals surface area contributed by atoms with Crippen LogP contribution in [0.25, 0.3) is 10.8 Å². The lowest BCUT2D eigenvalue weighted by molar-refractivity contribution is -0.130. The maximum Gasteiger partial charge on any atom is 0.273 e. The Hall–Kier alpha value is -3.15. The Labute approximate surface area is 157 Å². The SMILES string of the molecule is CN(CCCCc1ccccc1)C(=O)Cn1[nH]c(=O)c2ccccc2c1=O. The molecule has 1 amide bonds. The van der Waals surface area contributed by atoms with E-state index in [4.69, 9.17) is 0 Å². The van der Waals surface area contributed by atoms with Crippen molar-refractivity contribution >= 4 is 16.7 Å². The second-order valence-corrected chi connectivity index (χ2v) is 6.64. The molecule has 0 atom stereocenters. The average molecular weight is 365 g/mol. The molecule has 0 bridgehead atoms. The molecule has 3 aromatic rings. The highest BCUT2D eigenvalue weighted by Gasteiger charge is 2.13. The highest BCUT2D eigenvalue weighted by Crippen LogP contribution is 2.06. The quantitative estimate of drug-likeness (QED) is 0.652. The van der Waals surface area contributed by atoms with Gasteiger partial charge in [0.2, 0.25) is 5.91 Å². The first-order valence-corrected chi connectivity index (χ1v) is 9.06. The Morgan fingerprint density at radius 3 is 2.37 bits per heavy atom. The molecule has 1 N–H and O–H groups in total. The van der Waals surface area contributed by atoms with Crippen molar-refractivity contribution in [3.63, 3.8) is 0 Å². The highest BCUT2D eigenvalue weighted by molar-refractivity contribution is 5.81. The molecule has 1 aromatic heterocycles. The van der Waals surface area contributed by atoms with Gasteiger partial charge in [-0.2, -0.15) is 0 Å². The topological polar surface area (TPSA) is 75.2 Å². The summed E-state index contributed by atoms with van der Waals surface area (Å²) in [5.41, 5.74) is 0.548. The number of aryl methyl sites for hydroxylation is 1. The number of nitrogens with zero attached hydrogens (tertiary/aromatic N) is 2. The third kappa shape index (κ3) is 4.53. The van der Waals surface area contributed by atoms with Gasteiger partial charge in [-0.1, -0.05) is 42.5 Å². The third-order valence-corrected chi connectivity index (χ3v) is 4.65. The molecule has 0 aliphatic rings. The smallest absolute Gasteiger partial charge is 0.273 e. The lowest BCUT2D eigenvalue weighted by Crippen LogP contribution is -2.38. The summed E-state index contributed by atoms with van der Waals surface area (Å²) in [6.45, 7) is 0.437. The monoisotopic (exact) mass is 365 g/mol. The molecular formula is C21H23N3O3. The van der Waals surface area contributed by atoms with Gasteiger partial charge in [0, 0.05) is 13.6 Å². The van der Waals surface area contributed by atoms with Crippen molar-refractivity contribution in [2.24, 2.45) is 0 Å². The number of nitrogens with one attached hydrogen (secondary N) is 1. The van der Waals surface area contributed by atoms with E-state index in [9.17, 15) is 14.4 Å². The van der Waals surface area contributed by atoms with E-state index in [1.54, 1.807) is 36.2 Å². The predicted octanol–water partition coefficient (Wildman–Crippen LogP) is 2.17. The molecule has 0 unspecified atom stereocenters. The zero-order chi connectivity index (χ0) is 19.2. The van der Waals surface area contributed by atoms with Crippen LogP contribution in [-0.4, -0.2) is 34.2 Å². The van der Waals surface area contributed by atoms with Gasteiger partial charge in [0.15, 0.2) is 0 Å². The number of hydrogen-bond acceptors (Lipinski definition) is 3. The fourth-order valence-electron chi connectivity index (χ4n) is 3.06. The third-order valence-electron chi connectivity index (χ3n) is 4.65. The predicted molar refractivity (Wildman–Crippen MR) is 106 cm³/mol. The molecule has 2 aromatic carbocycles. The number of H-pyrrole nitrogens is 1. The van der Waals surface area contributed by atoms with Gasteiger partial charge in [0.25, 0.3) is 11.1 Å². The lowest BCUT2D eigenvalue weighted by Gasteiger charge is -2.17. The number of benzene rings is 2. The summed E-state index contributed by atoms with van der Waals surface area (Å²) in [6, 6.07) is 16.8. The number of unbranched alkanes of at least 4 members (excludes halogenated alkanes) is 1. The summed E-state index contributed by atoms with van der Waals surface area (Å²) in [5, 5.41) is 3.15. The zero-order valence-electron chi connectivity index (χ0n) is 15.4. The van der Waals surface area contributed by atoms with Gasteiger partial charge < -0.3 is 4.90 Å². The number of aromatic amines is 1. The number of aromatic nitrogens is 2. The van der Waals surface area contributed by atoms with Crippen LogP contribution in [0.15, 0.2) is 64.2 Å². The molecule has 0 aliphatic heterocycles. The molecule has 140 valence electrons. The minimum atomic E-state index is -0.372. The maximum absolute atomic E-state index is 12.5. The number of rotatable bonds is 7. The molecule has 3 rings (SSSR count). The number of likely N-dealkylation sites (N-methyl/N-ethyl adjacent to an activating group) is 1. The maximum atomic E-state index is 12.5. The molecule has 0 aliphatic carbocycles. The Kier molecular flexibility index (Phi) is 5.86. The van der Waals surface area contributed by atoms with E-state index in [0.717, 1.165) is 23.9 Å². The van der Waals surface area contributed by atoms with Crippen LogP contribution in [0.3, 0.4) is 0 Å². The van der Waals surface area contributed by atoms with Crippen molar-refractivity contribution in [3.05, 3.63) is 80.9 Å². The number of carbonyl (C=O) groups excluding carboxylic acids is 1. The number of fused-ring (bicyclic) bond motifs is 1. The largest absolute Gasteiger partial charge is 0.344 e. The summed E-state index contributed by atoms with van der Waals surface area (Å²) in [4.78, 5) is 38.6. The lowest BCUT2D eigenvalue weighted by atomic mass is 10.1. The molecule has 0 saturated heterocycles. The van der Waals surface area contributed by atoms with E-state index in [-0.39, 0.29) is 23.6 Å². The van der Waals surface area contributed by atoms with Crippen LogP contribution in [0.4, 0.5) is 0 Å². The summed E-state index contributed by atoms with van der Waals surface area (Å²) in [7, 11) is 1.72. The minimum Gasteiger partial charge on any atom is -0.344 e. The highest BCUT2D eigenvalue weighted by atomic mass is 16.2. The average Bonchev–Trinajstić information content (AvgIpc) is 2.69. The van der Waals surface area contributed by atoms with E-state index in [1.807, 2.05) is 18.2 Å². The van der Waals surface area contributed by atoms with Crippen molar-refractivity contribution in [1.82, 2.24) is 14.7 Å². The second kappa shape index (κ2) is 8.49. The Morgan fingerprint density at radius 1 is 0.963 bits per heavy atom. The number of hydrogen-bond donors (Lipinski definition) is 1. The minimum absolute atomic E-state index is 0.173. The summed E-state index contributed by atoms with van der Waals surface area (Å²) >= 11 is 0. The molecule has 0 saturated carbocycles. The molecule has 6 nitrogen and oxygen atoms in total. The van der Waals surface area contributed by atoms with Crippen molar-refractivity contribution in [2.45, 2.75) is 25.8 Å². The molecule has 27 heavy (non-hydrogen) atoms. The van der Waals surface area contributed by atoms with E-state index in [1.165, 1.54) is 5.56 Å². The van der Waals surface area contributed by atoms with E-state index >= 15 is 0 Å². The van der Waals surface area contributed by atoms with Crippen LogP contribution >= 0.6 is 0 Å². The Balaban J connectivity index is 1.58. The van der Waals surface area contributed by atoms with Crippen molar-refractivity contribution < 1.29 is 4.79 Å². The van der Waals surface area contributed by atoms with Gasteiger partial charge in [-0.3, -0.25) is 19.5 Å². The first-order chi connectivity index (χ1) is 13.1. The van der Waals surface area contributed by atoms with Gasteiger partial charge in [-0.05, 0) is 37.0 Å². The molecule has 0 spiro atoms. The summed E-state index contributed by atoms with van der Waals surface area (Å²) in [5.74, 6) is -0.206. The van der Waals surface area contributed by atoms with Gasteiger partial charge in [0.1, 0.15) is 6.54 Å². The van der Waals surface area contributed by atoms with Gasteiger partial charge in [0.05, 0.1) is 10.8 Å². The fourth-order valence-corrected chi connectivity index (χ4v) is 3.06. The van der Waals surface area contributed by atoms with Crippen LogP contribution in [0.1, 0.15) is 18.4 Å². The Morgan fingerprint density at radius 2 is 1.63 bits per heavy atom. The molecule has 0 fully saturated rings. The van der Waals surface area contributed by atoms with Crippen molar-refractivity contribution in [2.75, 3.05) is 13.6 Å². The van der Waals surface area contributed by atoms with Crippen LogP contribution in [0.2, 0.25) is 0 Å². The van der Waals surface area contributed by atoms with Crippen molar-refractivity contribution in [3.8, 4) is 0 Å². The van der Waals surface area contributed by atoms with E-state index in [2.05, 4.69) is 17.2 Å². The van der Waals surface area contributed by atoms with Crippen molar-refractivity contribution in [1.29, 1.82) is 0 Å². The number of amides is 1. The van der Waals surface area contributed by atoms with E-state index in [0.29, 0.717) is 17.3 Å². The second-order valence-electron chi connectivity index (χ2n) is 6.64. The fraction of sp³-hybridized carbons (Fsp3) is 0.286. The van der Waals surface area contributed by atoms with Gasteiger partial charge >= 0.3 is 0 Å². The molecule has 0 radical (unpaired) electrons. The number of carbonyl (C=O) groups is 1. The summed E-state index contributed by atoms with van der Waals surface area (Å²) < 4.78 is 1.09. The molecular weight excluding hydrogens is 342 g/mol. The van der Waals surface area contributed by atoms with Crippen LogP contribution < -0.4 is 11.1 Å².